The second kappa shape index (κ2) is 9.11. The van der Waals surface area contributed by atoms with Crippen molar-refractivity contribution >= 4 is 40.6 Å². The predicted molar refractivity (Wildman–Crippen MR) is 118 cm³/mol. The van der Waals surface area contributed by atoms with Gasteiger partial charge in [-0.15, -0.1) is 0 Å². The number of anilines is 3. The Morgan fingerprint density at radius 2 is 1.84 bits per heavy atom. The number of nitrogens with zero attached hydrogens (tertiary/aromatic N) is 5. The van der Waals surface area contributed by atoms with E-state index < -0.39 is 11.8 Å². The molecule has 4 heterocycles. The number of hydrogen-bond acceptors (Lipinski definition) is 7. The Kier molecular flexibility index (Phi) is 6.10. The monoisotopic (exact) mass is 440 g/mol. The standard InChI is InChI=1S/C20H21ClN8O2/c1-28-4-6-29(7-5-28)17-3-2-15(11-23-17)25-20(31)18-16(12-24-27-18)26-19(30)13-8-14(21)10-22-9-13/h2-3,8-12H,4-7H2,1H3,(H,24,27)(H,25,31)(H,26,30). The van der Waals surface area contributed by atoms with Gasteiger partial charge >= 0.3 is 0 Å². The largest absolute Gasteiger partial charge is 0.354 e. The molecule has 0 radical (unpaired) electrons. The van der Waals surface area contributed by atoms with Gasteiger partial charge in [0.1, 0.15) is 11.5 Å². The van der Waals surface area contributed by atoms with Gasteiger partial charge in [0.05, 0.1) is 34.4 Å². The van der Waals surface area contributed by atoms with Crippen LogP contribution in [0.2, 0.25) is 5.02 Å². The van der Waals surface area contributed by atoms with Crippen LogP contribution < -0.4 is 15.5 Å². The van der Waals surface area contributed by atoms with Crippen molar-refractivity contribution in [2.24, 2.45) is 0 Å². The molecule has 0 spiro atoms. The van der Waals surface area contributed by atoms with E-state index in [-0.39, 0.29) is 16.9 Å². The van der Waals surface area contributed by atoms with E-state index in [1.54, 1.807) is 12.3 Å². The molecule has 0 atom stereocenters. The van der Waals surface area contributed by atoms with Gasteiger partial charge in [-0.25, -0.2) is 4.98 Å². The minimum Gasteiger partial charge on any atom is -0.354 e. The summed E-state index contributed by atoms with van der Waals surface area (Å²) in [4.78, 5) is 37.9. The molecule has 1 aliphatic heterocycles. The van der Waals surface area contributed by atoms with Crippen molar-refractivity contribution < 1.29 is 9.59 Å². The fourth-order valence-corrected chi connectivity index (χ4v) is 3.33. The van der Waals surface area contributed by atoms with Crippen molar-refractivity contribution in [3.8, 4) is 0 Å². The van der Waals surface area contributed by atoms with E-state index in [0.717, 1.165) is 32.0 Å². The van der Waals surface area contributed by atoms with Crippen LogP contribution in [0, 0.1) is 0 Å². The first-order chi connectivity index (χ1) is 15.0. The summed E-state index contributed by atoms with van der Waals surface area (Å²) in [5.41, 5.74) is 1.16. The Morgan fingerprint density at radius 1 is 1.03 bits per heavy atom. The third-order valence-corrected chi connectivity index (χ3v) is 5.12. The Labute approximate surface area is 183 Å². The highest BCUT2D eigenvalue weighted by atomic mass is 35.5. The number of halogens is 1. The van der Waals surface area contributed by atoms with E-state index in [2.05, 4.69) is 47.6 Å². The maximum Gasteiger partial charge on any atom is 0.275 e. The van der Waals surface area contributed by atoms with Gasteiger partial charge in [0, 0.05) is 38.6 Å². The molecule has 0 aliphatic carbocycles. The second-order valence-corrected chi connectivity index (χ2v) is 7.59. The summed E-state index contributed by atoms with van der Waals surface area (Å²) >= 11 is 5.87. The lowest BCUT2D eigenvalue weighted by molar-refractivity contribution is 0.102. The van der Waals surface area contributed by atoms with E-state index in [9.17, 15) is 9.59 Å². The van der Waals surface area contributed by atoms with Crippen LogP contribution in [0.3, 0.4) is 0 Å². The molecule has 3 aromatic rings. The summed E-state index contributed by atoms with van der Waals surface area (Å²) < 4.78 is 0. The smallest absolute Gasteiger partial charge is 0.275 e. The molecule has 4 rings (SSSR count). The van der Waals surface area contributed by atoms with Crippen molar-refractivity contribution in [1.29, 1.82) is 0 Å². The maximum absolute atomic E-state index is 12.7. The minimum absolute atomic E-state index is 0.117. The van der Waals surface area contributed by atoms with Gasteiger partial charge in [-0.2, -0.15) is 5.10 Å². The highest BCUT2D eigenvalue weighted by Crippen LogP contribution is 2.19. The molecule has 1 aliphatic rings. The van der Waals surface area contributed by atoms with Crippen molar-refractivity contribution in [1.82, 2.24) is 25.1 Å². The summed E-state index contributed by atoms with van der Waals surface area (Å²) in [5.74, 6) is -0.0365. The lowest BCUT2D eigenvalue weighted by Crippen LogP contribution is -2.44. The summed E-state index contributed by atoms with van der Waals surface area (Å²) in [7, 11) is 2.10. The molecule has 1 fully saturated rings. The Hall–Kier alpha value is -3.50. The number of carbonyl (C=O) groups is 2. The fraction of sp³-hybridized carbons (Fsp3) is 0.250. The Bertz CT molecular complexity index is 1080. The molecular weight excluding hydrogens is 420 g/mol. The van der Waals surface area contributed by atoms with Crippen LogP contribution in [0.15, 0.2) is 43.0 Å². The summed E-state index contributed by atoms with van der Waals surface area (Å²) in [6.07, 6.45) is 5.78. The summed E-state index contributed by atoms with van der Waals surface area (Å²) in [6.45, 7) is 3.79. The van der Waals surface area contributed by atoms with Crippen LogP contribution in [0.1, 0.15) is 20.8 Å². The van der Waals surface area contributed by atoms with Crippen LogP contribution in [-0.2, 0) is 0 Å². The molecule has 31 heavy (non-hydrogen) atoms. The molecule has 3 N–H and O–H groups in total. The molecule has 160 valence electrons. The van der Waals surface area contributed by atoms with E-state index in [4.69, 9.17) is 11.6 Å². The number of aromatic nitrogens is 4. The van der Waals surface area contributed by atoms with E-state index >= 15 is 0 Å². The van der Waals surface area contributed by atoms with E-state index in [1.807, 2.05) is 6.07 Å². The molecule has 2 amide bonds. The highest BCUT2D eigenvalue weighted by molar-refractivity contribution is 6.30. The molecule has 0 unspecified atom stereocenters. The zero-order chi connectivity index (χ0) is 21.8. The Morgan fingerprint density at radius 3 is 2.55 bits per heavy atom. The van der Waals surface area contributed by atoms with Crippen LogP contribution in [-0.4, -0.2) is 70.1 Å². The first-order valence-corrected chi connectivity index (χ1v) is 10.0. The minimum atomic E-state index is -0.455. The zero-order valence-electron chi connectivity index (χ0n) is 16.8. The number of hydrogen-bond donors (Lipinski definition) is 3. The van der Waals surface area contributed by atoms with Crippen LogP contribution in [0.4, 0.5) is 17.2 Å². The average molecular weight is 441 g/mol. The molecule has 3 aromatic heterocycles. The lowest BCUT2D eigenvalue weighted by Gasteiger charge is -2.33. The highest BCUT2D eigenvalue weighted by Gasteiger charge is 2.18. The van der Waals surface area contributed by atoms with E-state index in [0.29, 0.717) is 10.7 Å². The topological polar surface area (TPSA) is 119 Å². The number of aromatic amines is 1. The molecule has 0 saturated carbocycles. The molecular formula is C20H21ClN8O2. The number of nitrogens with one attached hydrogen (secondary N) is 3. The van der Waals surface area contributed by atoms with Crippen molar-refractivity contribution in [3.63, 3.8) is 0 Å². The van der Waals surface area contributed by atoms with Gasteiger partial charge in [-0.1, -0.05) is 11.6 Å². The zero-order valence-corrected chi connectivity index (χ0v) is 17.6. The third kappa shape index (κ3) is 4.98. The van der Waals surface area contributed by atoms with Crippen LogP contribution >= 0.6 is 11.6 Å². The van der Waals surface area contributed by atoms with Gasteiger partial charge in [0.25, 0.3) is 11.8 Å². The van der Waals surface area contributed by atoms with Gasteiger partial charge in [-0.05, 0) is 25.2 Å². The van der Waals surface area contributed by atoms with Crippen molar-refractivity contribution in [2.75, 3.05) is 48.8 Å². The fourth-order valence-electron chi connectivity index (χ4n) is 3.16. The van der Waals surface area contributed by atoms with Gasteiger partial charge < -0.3 is 20.4 Å². The maximum atomic E-state index is 12.7. The quantitative estimate of drug-likeness (QED) is 0.555. The molecule has 11 heteroatoms. The molecule has 1 saturated heterocycles. The molecule has 10 nitrogen and oxygen atoms in total. The van der Waals surface area contributed by atoms with Crippen molar-refractivity contribution in [2.45, 2.75) is 0 Å². The molecule has 0 aromatic carbocycles. The number of piperazine rings is 1. The van der Waals surface area contributed by atoms with Gasteiger partial charge in [-0.3, -0.25) is 19.7 Å². The predicted octanol–water partition coefficient (Wildman–Crippen LogP) is 2.11. The van der Waals surface area contributed by atoms with Gasteiger partial charge in [0.15, 0.2) is 0 Å². The lowest BCUT2D eigenvalue weighted by atomic mass is 10.2. The number of likely N-dealkylation sites (N-methyl/N-ethyl adjacent to an activating group) is 1. The Balaban J connectivity index is 1.40. The van der Waals surface area contributed by atoms with E-state index in [1.165, 1.54) is 24.7 Å². The van der Waals surface area contributed by atoms with Crippen LogP contribution in [0.25, 0.3) is 0 Å². The van der Waals surface area contributed by atoms with Gasteiger partial charge in [0.2, 0.25) is 0 Å². The average Bonchev–Trinajstić information content (AvgIpc) is 3.23. The summed E-state index contributed by atoms with van der Waals surface area (Å²) in [5, 5.41) is 12.2. The number of H-pyrrole nitrogens is 1. The second-order valence-electron chi connectivity index (χ2n) is 7.15. The third-order valence-electron chi connectivity index (χ3n) is 4.91. The number of amides is 2. The van der Waals surface area contributed by atoms with Crippen molar-refractivity contribution in [3.05, 3.63) is 59.3 Å². The first-order valence-electron chi connectivity index (χ1n) is 9.66. The number of carbonyl (C=O) groups excluding carboxylic acids is 2. The SMILES string of the molecule is CN1CCN(c2ccc(NC(=O)c3[nH]ncc3NC(=O)c3cncc(Cl)c3)cn2)CC1. The molecule has 0 bridgehead atoms. The number of pyridine rings is 2. The summed E-state index contributed by atoms with van der Waals surface area (Å²) in [6, 6.07) is 5.16. The normalized spacial score (nSPS) is 14.3. The first kappa shape index (κ1) is 20.8. The number of rotatable bonds is 5. The van der Waals surface area contributed by atoms with Crippen LogP contribution in [0.5, 0.6) is 0 Å².